The first-order chi connectivity index (χ1) is 18.9. The van der Waals surface area contributed by atoms with E-state index in [1.54, 1.807) is 18.3 Å². The van der Waals surface area contributed by atoms with Gasteiger partial charge >= 0.3 is 6.18 Å². The van der Waals surface area contributed by atoms with Gasteiger partial charge in [0, 0.05) is 31.4 Å². The number of alkyl halides is 3. The summed E-state index contributed by atoms with van der Waals surface area (Å²) in [7, 11) is 0. The molecule has 204 valence electrons. The van der Waals surface area contributed by atoms with Crippen LogP contribution < -0.4 is 14.8 Å². The zero-order chi connectivity index (χ0) is 26.8. The first kappa shape index (κ1) is 25.2. The second-order valence-electron chi connectivity index (χ2n) is 9.16. The van der Waals surface area contributed by atoms with E-state index in [1.807, 2.05) is 6.07 Å². The highest BCUT2D eigenvalue weighted by atomic mass is 19.4. The lowest BCUT2D eigenvalue weighted by atomic mass is 10.1. The van der Waals surface area contributed by atoms with Gasteiger partial charge < -0.3 is 19.5 Å². The van der Waals surface area contributed by atoms with E-state index < -0.39 is 11.7 Å². The van der Waals surface area contributed by atoms with E-state index in [9.17, 15) is 13.2 Å². The van der Waals surface area contributed by atoms with E-state index in [1.165, 1.54) is 16.9 Å². The number of pyridine rings is 1. The van der Waals surface area contributed by atoms with Crippen LogP contribution >= 0.6 is 0 Å². The highest BCUT2D eigenvalue weighted by Crippen LogP contribution is 2.38. The van der Waals surface area contributed by atoms with Gasteiger partial charge in [-0.2, -0.15) is 13.2 Å². The lowest BCUT2D eigenvalue weighted by Crippen LogP contribution is -2.38. The Morgan fingerprint density at radius 2 is 2.00 bits per heavy atom. The van der Waals surface area contributed by atoms with E-state index in [4.69, 9.17) is 14.2 Å². The largest absolute Gasteiger partial charge is 0.492 e. The van der Waals surface area contributed by atoms with Crippen molar-refractivity contribution < 1.29 is 27.4 Å². The Morgan fingerprint density at radius 1 is 1.13 bits per heavy atom. The maximum Gasteiger partial charge on any atom is 0.419 e. The van der Waals surface area contributed by atoms with Crippen LogP contribution in [0.25, 0.3) is 22.6 Å². The molecule has 1 N–H and O–H groups in total. The van der Waals surface area contributed by atoms with E-state index in [0.717, 1.165) is 19.2 Å². The molecular weight excluding hydrogens is 517 g/mol. The number of nitrogens with one attached hydrogen (secondary N) is 1. The van der Waals surface area contributed by atoms with Gasteiger partial charge in [-0.3, -0.25) is 4.90 Å². The first-order valence-electron chi connectivity index (χ1n) is 12.5. The van der Waals surface area contributed by atoms with Crippen LogP contribution in [0.5, 0.6) is 11.5 Å². The summed E-state index contributed by atoms with van der Waals surface area (Å²) in [5, 5.41) is 11.4. The topological polar surface area (TPSA) is 112 Å². The number of fused-ring (bicyclic) bond motifs is 2. The third-order valence-corrected chi connectivity index (χ3v) is 6.51. The van der Waals surface area contributed by atoms with Crippen molar-refractivity contribution in [1.29, 1.82) is 0 Å². The van der Waals surface area contributed by atoms with Gasteiger partial charge in [-0.05, 0) is 30.3 Å². The molecule has 0 radical (unpaired) electrons. The molecule has 0 saturated carbocycles. The van der Waals surface area contributed by atoms with E-state index in [-0.39, 0.29) is 35.4 Å². The van der Waals surface area contributed by atoms with Crippen molar-refractivity contribution in [3.05, 3.63) is 48.3 Å². The molecule has 0 spiro atoms. The molecule has 4 aromatic rings. The second kappa shape index (κ2) is 10.6. The number of anilines is 1. The lowest BCUT2D eigenvalue weighted by molar-refractivity contribution is -0.139. The van der Waals surface area contributed by atoms with E-state index in [2.05, 4.69) is 35.5 Å². The third-order valence-electron chi connectivity index (χ3n) is 6.51. The lowest BCUT2D eigenvalue weighted by Gasteiger charge is -2.26. The molecule has 11 nitrogen and oxygen atoms in total. The van der Waals surface area contributed by atoms with Gasteiger partial charge in [0.05, 0.1) is 43.8 Å². The van der Waals surface area contributed by atoms with Crippen LogP contribution in [-0.4, -0.2) is 86.9 Å². The number of rotatable bonds is 7. The fourth-order valence-electron chi connectivity index (χ4n) is 4.51. The SMILES string of the molecule is FC(F)(F)c1cc(-c2cnc3nnn(CC4CNc5ncccc5O4)c3n2)ccc1OCCN1CCOCC1. The molecule has 39 heavy (non-hydrogen) atoms. The van der Waals surface area contributed by atoms with Gasteiger partial charge in [-0.15, -0.1) is 5.10 Å². The van der Waals surface area contributed by atoms with Crippen molar-refractivity contribution in [2.75, 3.05) is 51.3 Å². The van der Waals surface area contributed by atoms with Crippen molar-refractivity contribution in [2.45, 2.75) is 18.8 Å². The highest BCUT2D eigenvalue weighted by molar-refractivity contribution is 5.71. The van der Waals surface area contributed by atoms with Gasteiger partial charge in [0.2, 0.25) is 5.65 Å². The first-order valence-corrected chi connectivity index (χ1v) is 12.5. The van der Waals surface area contributed by atoms with Crippen molar-refractivity contribution in [3.63, 3.8) is 0 Å². The molecule has 2 aliphatic heterocycles. The molecule has 1 fully saturated rings. The van der Waals surface area contributed by atoms with Crippen LogP contribution in [0, 0.1) is 0 Å². The Labute approximate surface area is 220 Å². The Bertz CT molecular complexity index is 1460. The van der Waals surface area contributed by atoms with Crippen LogP contribution in [-0.2, 0) is 17.5 Å². The smallest absolute Gasteiger partial charge is 0.419 e. The molecule has 0 aliphatic carbocycles. The number of morpholine rings is 1. The van der Waals surface area contributed by atoms with Crippen molar-refractivity contribution in [1.82, 2.24) is 34.8 Å². The summed E-state index contributed by atoms with van der Waals surface area (Å²) < 4.78 is 60.3. The normalized spacial score (nSPS) is 17.9. The molecule has 0 bridgehead atoms. The Morgan fingerprint density at radius 3 is 2.85 bits per heavy atom. The fourth-order valence-corrected chi connectivity index (χ4v) is 4.51. The van der Waals surface area contributed by atoms with E-state index >= 15 is 0 Å². The number of aromatic nitrogens is 6. The zero-order valence-corrected chi connectivity index (χ0v) is 20.8. The standard InChI is InChI=1S/C25H25F3N8O3/c26-25(27,28)18-12-16(3-4-20(18)38-11-8-35-6-9-37-10-7-35)19-14-31-23-24(32-19)36(34-33-23)15-17-13-30-22-21(39-17)2-1-5-29-22/h1-5,12,14,17H,6-11,13,15H2,(H,29,30). The predicted molar refractivity (Wildman–Crippen MR) is 133 cm³/mol. The van der Waals surface area contributed by atoms with Crippen molar-refractivity contribution in [3.8, 4) is 22.8 Å². The van der Waals surface area contributed by atoms with Crippen molar-refractivity contribution >= 4 is 17.1 Å². The molecule has 1 unspecified atom stereocenters. The summed E-state index contributed by atoms with van der Waals surface area (Å²) in [6, 6.07) is 7.49. The van der Waals surface area contributed by atoms with Crippen LogP contribution in [0.15, 0.2) is 42.7 Å². The predicted octanol–water partition coefficient (Wildman–Crippen LogP) is 2.89. The van der Waals surface area contributed by atoms with Gasteiger partial charge in [0.1, 0.15) is 18.5 Å². The van der Waals surface area contributed by atoms with Gasteiger partial charge in [-0.25, -0.2) is 19.6 Å². The average Bonchev–Trinajstić information content (AvgIpc) is 3.35. The molecule has 2 aliphatic rings. The summed E-state index contributed by atoms with van der Waals surface area (Å²) >= 11 is 0. The summed E-state index contributed by atoms with van der Waals surface area (Å²) in [5.74, 6) is 1.06. The molecule has 5 heterocycles. The maximum absolute atomic E-state index is 14.0. The quantitative estimate of drug-likeness (QED) is 0.374. The van der Waals surface area contributed by atoms with Gasteiger partial charge in [0.25, 0.3) is 0 Å². The number of benzene rings is 1. The summed E-state index contributed by atoms with van der Waals surface area (Å²) in [6.45, 7) is 4.13. The molecular formula is C25H25F3N8O3. The van der Waals surface area contributed by atoms with Crippen LogP contribution in [0.1, 0.15) is 5.56 Å². The molecule has 14 heteroatoms. The second-order valence-corrected chi connectivity index (χ2v) is 9.16. The molecule has 6 rings (SSSR count). The number of hydrogen-bond acceptors (Lipinski definition) is 10. The highest BCUT2D eigenvalue weighted by Gasteiger charge is 2.35. The van der Waals surface area contributed by atoms with Crippen LogP contribution in [0.4, 0.5) is 19.0 Å². The minimum atomic E-state index is -4.61. The van der Waals surface area contributed by atoms with Gasteiger partial charge in [-0.1, -0.05) is 5.21 Å². The van der Waals surface area contributed by atoms with Gasteiger partial charge in [0.15, 0.2) is 17.2 Å². The monoisotopic (exact) mass is 542 g/mol. The number of halogens is 3. The Hall–Kier alpha value is -4.04. The fraction of sp³-hybridized carbons (Fsp3) is 0.400. The van der Waals surface area contributed by atoms with Crippen LogP contribution in [0.3, 0.4) is 0 Å². The summed E-state index contributed by atoms with van der Waals surface area (Å²) in [5.41, 5.74) is 0.259. The number of ether oxygens (including phenoxy) is 3. The summed E-state index contributed by atoms with van der Waals surface area (Å²) in [6.07, 6.45) is -1.84. The minimum Gasteiger partial charge on any atom is -0.492 e. The Kier molecular flexibility index (Phi) is 6.87. The zero-order valence-electron chi connectivity index (χ0n) is 20.8. The van der Waals surface area contributed by atoms with E-state index in [0.29, 0.717) is 50.1 Å². The molecule has 1 aromatic carbocycles. The molecule has 0 amide bonds. The maximum atomic E-state index is 14.0. The molecule has 1 atom stereocenters. The minimum absolute atomic E-state index is 0.137. The summed E-state index contributed by atoms with van der Waals surface area (Å²) in [4.78, 5) is 15.1. The average molecular weight is 543 g/mol. The van der Waals surface area contributed by atoms with Crippen molar-refractivity contribution in [2.24, 2.45) is 0 Å². The Balaban J connectivity index is 1.21. The number of nitrogens with zero attached hydrogens (tertiary/aromatic N) is 7. The third kappa shape index (κ3) is 5.56. The van der Waals surface area contributed by atoms with Crippen LogP contribution in [0.2, 0.25) is 0 Å². The molecule has 3 aromatic heterocycles. The number of hydrogen-bond donors (Lipinski definition) is 1. The molecule has 1 saturated heterocycles.